The van der Waals surface area contributed by atoms with E-state index in [1.165, 1.54) is 11.8 Å². The molecule has 2 aromatic carbocycles. The van der Waals surface area contributed by atoms with E-state index in [2.05, 4.69) is 16.8 Å². The van der Waals surface area contributed by atoms with Gasteiger partial charge in [0.25, 0.3) is 0 Å². The van der Waals surface area contributed by atoms with Crippen molar-refractivity contribution in [2.24, 2.45) is 10.2 Å². The number of benzene rings is 2. The minimum absolute atomic E-state index is 0.00357. The monoisotopic (exact) mass is 453 g/mol. The lowest BCUT2D eigenvalue weighted by molar-refractivity contribution is -0.125. The maximum Gasteiger partial charge on any atom is 0.242 e. The summed E-state index contributed by atoms with van der Waals surface area (Å²) in [6, 6.07) is 13.3. The number of ether oxygens (including phenoxy) is 3. The number of methoxy groups -OCH3 is 2. The Kier molecular flexibility index (Phi) is 8.33. The van der Waals surface area contributed by atoms with Crippen LogP contribution in [0.3, 0.4) is 0 Å². The largest absolute Gasteiger partial charge is 0.494 e. The summed E-state index contributed by atoms with van der Waals surface area (Å²) in [5, 5.41) is 8.80. The minimum atomic E-state index is -0.261. The number of carbonyl (C=O) groups is 1. The third-order valence-corrected chi connectivity index (χ3v) is 5.91. The Balaban J connectivity index is 1.73. The maximum atomic E-state index is 12.9. The highest BCUT2D eigenvalue weighted by atomic mass is 32.2. The number of nitrogens with zero attached hydrogens (tertiary/aromatic N) is 3. The number of hydrogen-bond acceptors (Lipinski definition) is 7. The molecule has 168 valence electrons. The fraction of sp³-hybridized carbons (Fsp3) is 0.292. The summed E-state index contributed by atoms with van der Waals surface area (Å²) in [6.07, 6.45) is 3.90. The first-order valence-electron chi connectivity index (χ1n) is 10.2. The summed E-state index contributed by atoms with van der Waals surface area (Å²) < 4.78 is 16.0. The molecule has 7 nitrogen and oxygen atoms in total. The molecular formula is C24H27N3O4S. The van der Waals surface area contributed by atoms with Crippen molar-refractivity contribution in [2.45, 2.75) is 18.6 Å². The lowest BCUT2D eigenvalue weighted by atomic mass is 10.1. The zero-order valence-electron chi connectivity index (χ0n) is 18.5. The third kappa shape index (κ3) is 5.70. The summed E-state index contributed by atoms with van der Waals surface area (Å²) in [6.45, 7) is 6.71. The molecular weight excluding hydrogens is 426 g/mol. The summed E-state index contributed by atoms with van der Waals surface area (Å²) >= 11 is 1.41. The molecule has 1 aliphatic rings. The van der Waals surface area contributed by atoms with Crippen LogP contribution in [0.5, 0.6) is 17.2 Å². The number of carbonyl (C=O) groups excluding carboxylic acids is 1. The number of thioether (sulfide) groups is 1. The number of amidine groups is 1. The van der Waals surface area contributed by atoms with E-state index in [0.717, 1.165) is 16.9 Å². The third-order valence-electron chi connectivity index (χ3n) is 4.74. The second-order valence-electron chi connectivity index (χ2n) is 6.87. The van der Waals surface area contributed by atoms with Gasteiger partial charge in [-0.1, -0.05) is 30.0 Å². The Morgan fingerprint density at radius 3 is 2.53 bits per heavy atom. The Morgan fingerprint density at radius 2 is 1.88 bits per heavy atom. The molecule has 1 amide bonds. The molecule has 8 heteroatoms. The fourth-order valence-electron chi connectivity index (χ4n) is 3.19. The Labute approximate surface area is 192 Å². The smallest absolute Gasteiger partial charge is 0.242 e. The van der Waals surface area contributed by atoms with Crippen molar-refractivity contribution < 1.29 is 19.0 Å². The van der Waals surface area contributed by atoms with E-state index in [-0.39, 0.29) is 11.2 Å². The normalized spacial score (nSPS) is 17.2. The summed E-state index contributed by atoms with van der Waals surface area (Å²) in [5.41, 5.74) is 1.87. The molecule has 0 radical (unpaired) electrons. The van der Waals surface area contributed by atoms with Crippen LogP contribution in [0.4, 0.5) is 0 Å². The molecule has 1 aliphatic heterocycles. The predicted molar refractivity (Wildman–Crippen MR) is 129 cm³/mol. The lowest BCUT2D eigenvalue weighted by Crippen LogP contribution is -2.32. The second kappa shape index (κ2) is 11.4. The van der Waals surface area contributed by atoms with Crippen molar-refractivity contribution in [1.29, 1.82) is 0 Å². The van der Waals surface area contributed by atoms with E-state index in [9.17, 15) is 4.79 Å². The van der Waals surface area contributed by atoms with Crippen LogP contribution < -0.4 is 14.2 Å². The van der Waals surface area contributed by atoms with Gasteiger partial charge in [-0.2, -0.15) is 5.10 Å². The predicted octanol–water partition coefficient (Wildman–Crippen LogP) is 4.17. The summed E-state index contributed by atoms with van der Waals surface area (Å²) in [7, 11) is 3.17. The Morgan fingerprint density at radius 1 is 1.12 bits per heavy atom. The van der Waals surface area contributed by atoms with Gasteiger partial charge in [-0.25, -0.2) is 0 Å². The molecule has 0 bridgehead atoms. The highest BCUT2D eigenvalue weighted by molar-refractivity contribution is 8.15. The van der Waals surface area contributed by atoms with Crippen LogP contribution in [0.25, 0.3) is 0 Å². The van der Waals surface area contributed by atoms with Crippen LogP contribution in [0.15, 0.2) is 65.3 Å². The second-order valence-corrected chi connectivity index (χ2v) is 8.04. The van der Waals surface area contributed by atoms with E-state index in [4.69, 9.17) is 14.2 Å². The molecule has 32 heavy (non-hydrogen) atoms. The Hall–Kier alpha value is -3.26. The number of rotatable bonds is 10. The molecule has 0 aromatic heterocycles. The zero-order chi connectivity index (χ0) is 22.9. The molecule has 1 saturated heterocycles. The molecule has 0 spiro atoms. The van der Waals surface area contributed by atoms with Crippen molar-refractivity contribution in [1.82, 2.24) is 4.90 Å². The molecule has 1 heterocycles. The molecule has 3 rings (SSSR count). The first-order valence-corrected chi connectivity index (χ1v) is 11.1. The zero-order valence-corrected chi connectivity index (χ0v) is 19.3. The van der Waals surface area contributed by atoms with Gasteiger partial charge in [0, 0.05) is 6.54 Å². The van der Waals surface area contributed by atoms with Crippen molar-refractivity contribution in [3.63, 3.8) is 0 Å². The molecule has 0 N–H and O–H groups in total. The van der Waals surface area contributed by atoms with Crippen LogP contribution in [0.2, 0.25) is 0 Å². The van der Waals surface area contributed by atoms with Crippen LogP contribution >= 0.6 is 11.8 Å². The molecule has 1 unspecified atom stereocenters. The first-order chi connectivity index (χ1) is 15.6. The number of amides is 1. The maximum absolute atomic E-state index is 12.9. The van der Waals surface area contributed by atoms with Gasteiger partial charge in [0.15, 0.2) is 16.7 Å². The Bertz CT molecular complexity index is 1000. The van der Waals surface area contributed by atoms with Gasteiger partial charge in [-0.3, -0.25) is 9.69 Å². The van der Waals surface area contributed by atoms with Gasteiger partial charge in [-0.05, 0) is 54.8 Å². The average Bonchev–Trinajstić information content (AvgIpc) is 3.09. The first kappa shape index (κ1) is 23.4. The minimum Gasteiger partial charge on any atom is -0.494 e. The molecule has 0 aliphatic carbocycles. The van der Waals surface area contributed by atoms with E-state index in [0.29, 0.717) is 36.2 Å². The van der Waals surface area contributed by atoms with Crippen molar-refractivity contribution in [3.8, 4) is 17.2 Å². The van der Waals surface area contributed by atoms with E-state index >= 15 is 0 Å². The van der Waals surface area contributed by atoms with E-state index in [1.807, 2.05) is 43.3 Å². The van der Waals surface area contributed by atoms with E-state index < -0.39 is 0 Å². The van der Waals surface area contributed by atoms with Gasteiger partial charge in [0.05, 0.1) is 32.3 Å². The summed E-state index contributed by atoms with van der Waals surface area (Å²) in [4.78, 5) is 14.6. The standard InChI is InChI=1S/C24H27N3O4S/c1-5-13-27-23(28)22(15-17-7-10-19(11-8-17)31-6-2)32-24(27)26-25-16-18-9-12-20(29-3)21(14-18)30-4/h5,7-12,14,16,22H,1,6,13,15H2,2-4H3. The van der Waals surface area contributed by atoms with Gasteiger partial charge in [0.1, 0.15) is 5.75 Å². The highest BCUT2D eigenvalue weighted by Crippen LogP contribution is 2.31. The molecule has 1 atom stereocenters. The van der Waals surface area contributed by atoms with Crippen molar-refractivity contribution >= 4 is 29.1 Å². The van der Waals surface area contributed by atoms with Crippen LogP contribution in [0.1, 0.15) is 18.1 Å². The van der Waals surface area contributed by atoms with Crippen LogP contribution in [0, 0.1) is 0 Å². The van der Waals surface area contributed by atoms with Gasteiger partial charge in [0.2, 0.25) is 5.91 Å². The van der Waals surface area contributed by atoms with Gasteiger partial charge in [-0.15, -0.1) is 11.7 Å². The topological polar surface area (TPSA) is 72.7 Å². The fourth-order valence-corrected chi connectivity index (χ4v) is 4.34. The highest BCUT2D eigenvalue weighted by Gasteiger charge is 2.37. The van der Waals surface area contributed by atoms with Gasteiger partial charge >= 0.3 is 0 Å². The SMILES string of the molecule is C=CCN1C(=O)C(Cc2ccc(OCC)cc2)SC1=NN=Cc1ccc(OC)c(OC)c1. The lowest BCUT2D eigenvalue weighted by Gasteiger charge is -2.13. The molecule has 1 fully saturated rings. The van der Waals surface area contributed by atoms with Crippen LogP contribution in [-0.2, 0) is 11.2 Å². The number of hydrogen-bond donors (Lipinski definition) is 0. The molecule has 0 saturated carbocycles. The quantitative estimate of drug-likeness (QED) is 0.307. The molecule has 2 aromatic rings. The van der Waals surface area contributed by atoms with E-state index in [1.54, 1.807) is 37.5 Å². The van der Waals surface area contributed by atoms with Crippen molar-refractivity contribution in [2.75, 3.05) is 27.4 Å². The van der Waals surface area contributed by atoms with Crippen LogP contribution in [-0.4, -0.2) is 54.8 Å². The van der Waals surface area contributed by atoms with Crippen molar-refractivity contribution in [3.05, 3.63) is 66.2 Å². The summed E-state index contributed by atoms with van der Waals surface area (Å²) in [5.74, 6) is 2.07. The van der Waals surface area contributed by atoms with Gasteiger partial charge < -0.3 is 14.2 Å². The average molecular weight is 454 g/mol.